The number of anilines is 1. The Kier molecular flexibility index (Phi) is 3.76. The van der Waals surface area contributed by atoms with E-state index in [1.54, 1.807) is 18.2 Å². The lowest BCUT2D eigenvalue weighted by Gasteiger charge is -2.10. The lowest BCUT2D eigenvalue weighted by molar-refractivity contribution is 0.570. The number of fused-ring (bicyclic) bond motifs is 1. The second-order valence-electron chi connectivity index (χ2n) is 5.81. The molecular formula is C17H15FN4O2S. The van der Waals surface area contributed by atoms with E-state index in [4.69, 9.17) is 0 Å². The van der Waals surface area contributed by atoms with Crippen molar-refractivity contribution in [1.29, 1.82) is 0 Å². The molecule has 25 heavy (non-hydrogen) atoms. The van der Waals surface area contributed by atoms with Crippen molar-refractivity contribution in [2.45, 2.75) is 24.3 Å². The molecule has 0 atom stereocenters. The molecule has 0 bridgehead atoms. The zero-order chi connectivity index (χ0) is 17.4. The van der Waals surface area contributed by atoms with Crippen molar-refractivity contribution in [1.82, 2.24) is 14.8 Å². The Morgan fingerprint density at radius 2 is 1.92 bits per heavy atom. The van der Waals surface area contributed by atoms with Crippen LogP contribution < -0.4 is 4.72 Å². The van der Waals surface area contributed by atoms with Gasteiger partial charge in [0, 0.05) is 24.2 Å². The fourth-order valence-corrected chi connectivity index (χ4v) is 4.09. The molecule has 1 aliphatic rings. The number of aryl methyl sites for hydroxylation is 1. The van der Waals surface area contributed by atoms with Gasteiger partial charge >= 0.3 is 0 Å². The third kappa shape index (κ3) is 2.89. The van der Waals surface area contributed by atoms with Gasteiger partial charge in [-0.15, -0.1) is 10.2 Å². The molecule has 0 saturated heterocycles. The highest BCUT2D eigenvalue weighted by Gasteiger charge is 2.21. The minimum Gasteiger partial charge on any atom is -0.311 e. The second-order valence-corrected chi connectivity index (χ2v) is 7.46. The highest BCUT2D eigenvalue weighted by molar-refractivity contribution is 7.92. The number of nitrogens with one attached hydrogen (secondary N) is 1. The predicted octanol–water partition coefficient (Wildman–Crippen LogP) is 2.83. The number of nitrogens with zero attached hydrogens (tertiary/aromatic N) is 3. The van der Waals surface area contributed by atoms with Gasteiger partial charge < -0.3 is 4.57 Å². The second kappa shape index (κ2) is 5.96. The van der Waals surface area contributed by atoms with Crippen molar-refractivity contribution < 1.29 is 12.8 Å². The Bertz CT molecular complexity index is 1050. The van der Waals surface area contributed by atoms with Gasteiger partial charge in [-0.1, -0.05) is 24.3 Å². The highest BCUT2D eigenvalue weighted by Crippen LogP contribution is 2.26. The van der Waals surface area contributed by atoms with Gasteiger partial charge in [-0.25, -0.2) is 12.8 Å². The van der Waals surface area contributed by atoms with Gasteiger partial charge in [-0.3, -0.25) is 4.72 Å². The van der Waals surface area contributed by atoms with Crippen LogP contribution in [0.25, 0.3) is 11.4 Å². The molecule has 0 saturated carbocycles. The molecular weight excluding hydrogens is 343 g/mol. The molecule has 0 radical (unpaired) electrons. The summed E-state index contributed by atoms with van der Waals surface area (Å²) in [4.78, 5) is -0.385. The number of halogens is 1. The van der Waals surface area contributed by atoms with Crippen molar-refractivity contribution in [3.8, 4) is 11.4 Å². The highest BCUT2D eigenvalue weighted by atomic mass is 32.2. The van der Waals surface area contributed by atoms with E-state index >= 15 is 0 Å². The SMILES string of the molecule is O=S(=O)(Nc1cccc(-c2nnc3n2CCC3)c1)c1ccccc1F. The fourth-order valence-electron chi connectivity index (χ4n) is 2.96. The first-order valence-electron chi connectivity index (χ1n) is 7.84. The monoisotopic (exact) mass is 358 g/mol. The van der Waals surface area contributed by atoms with E-state index in [2.05, 4.69) is 14.9 Å². The van der Waals surface area contributed by atoms with Crippen LogP contribution in [0.4, 0.5) is 10.1 Å². The first-order chi connectivity index (χ1) is 12.0. The molecule has 3 aromatic rings. The van der Waals surface area contributed by atoms with Crippen LogP contribution in [0.1, 0.15) is 12.2 Å². The van der Waals surface area contributed by atoms with Gasteiger partial charge in [-0.2, -0.15) is 0 Å². The first kappa shape index (κ1) is 15.8. The summed E-state index contributed by atoms with van der Waals surface area (Å²) in [7, 11) is -4.01. The quantitative estimate of drug-likeness (QED) is 0.778. The molecule has 128 valence electrons. The van der Waals surface area contributed by atoms with Crippen LogP contribution in [0.2, 0.25) is 0 Å². The molecule has 1 aromatic heterocycles. The Hall–Kier alpha value is -2.74. The first-order valence-corrected chi connectivity index (χ1v) is 9.33. The zero-order valence-corrected chi connectivity index (χ0v) is 14.0. The van der Waals surface area contributed by atoms with Crippen molar-refractivity contribution in [2.24, 2.45) is 0 Å². The van der Waals surface area contributed by atoms with Crippen LogP contribution in [-0.2, 0) is 23.0 Å². The number of sulfonamides is 1. The minimum absolute atomic E-state index is 0.344. The van der Waals surface area contributed by atoms with Crippen LogP contribution >= 0.6 is 0 Å². The van der Waals surface area contributed by atoms with E-state index in [1.807, 2.05) is 10.6 Å². The van der Waals surface area contributed by atoms with Gasteiger partial charge in [-0.05, 0) is 30.7 Å². The standard InChI is InChI=1S/C17H15FN4O2S/c18-14-7-1-2-8-15(14)25(23,24)21-13-6-3-5-12(11-13)17-20-19-16-9-4-10-22(16)17/h1-3,5-8,11,21H,4,9-10H2. The molecule has 1 aliphatic heterocycles. The topological polar surface area (TPSA) is 76.9 Å². The number of benzene rings is 2. The average molecular weight is 358 g/mol. The number of rotatable bonds is 4. The molecule has 1 N–H and O–H groups in total. The molecule has 2 heterocycles. The summed E-state index contributed by atoms with van der Waals surface area (Å²) in [6, 6.07) is 12.1. The molecule has 6 nitrogen and oxygen atoms in total. The molecule has 0 fully saturated rings. The predicted molar refractivity (Wildman–Crippen MR) is 91.0 cm³/mol. The third-order valence-corrected chi connectivity index (χ3v) is 5.52. The average Bonchev–Trinajstić information content (AvgIpc) is 3.18. The normalized spacial score (nSPS) is 13.6. The molecule has 4 rings (SSSR count). The van der Waals surface area contributed by atoms with Crippen molar-refractivity contribution in [2.75, 3.05) is 4.72 Å². The van der Waals surface area contributed by atoms with E-state index in [0.717, 1.165) is 36.8 Å². The Morgan fingerprint density at radius 3 is 2.76 bits per heavy atom. The van der Waals surface area contributed by atoms with Crippen molar-refractivity contribution >= 4 is 15.7 Å². The van der Waals surface area contributed by atoms with Gasteiger partial charge in [0.1, 0.15) is 16.5 Å². The lowest BCUT2D eigenvalue weighted by atomic mass is 10.2. The smallest absolute Gasteiger partial charge is 0.264 e. The van der Waals surface area contributed by atoms with Crippen molar-refractivity contribution in [3.05, 3.63) is 60.2 Å². The van der Waals surface area contributed by atoms with Crippen LogP contribution in [0, 0.1) is 5.82 Å². The molecule has 8 heteroatoms. The number of hydrogen-bond acceptors (Lipinski definition) is 4. The molecule has 2 aromatic carbocycles. The van der Waals surface area contributed by atoms with E-state index in [9.17, 15) is 12.8 Å². The summed E-state index contributed by atoms with van der Waals surface area (Å²) >= 11 is 0. The summed E-state index contributed by atoms with van der Waals surface area (Å²) < 4.78 is 43.1. The molecule has 0 unspecified atom stereocenters. The van der Waals surface area contributed by atoms with E-state index in [1.165, 1.54) is 18.2 Å². The van der Waals surface area contributed by atoms with E-state index < -0.39 is 15.8 Å². The molecule has 0 aliphatic carbocycles. The number of hydrogen-bond donors (Lipinski definition) is 1. The van der Waals surface area contributed by atoms with Gasteiger partial charge in [0.25, 0.3) is 10.0 Å². The summed E-state index contributed by atoms with van der Waals surface area (Å²) in [5, 5.41) is 8.35. The van der Waals surface area contributed by atoms with Crippen LogP contribution in [0.3, 0.4) is 0 Å². The molecule has 0 spiro atoms. The Balaban J connectivity index is 1.67. The molecule has 0 amide bonds. The lowest BCUT2D eigenvalue weighted by Crippen LogP contribution is -2.14. The van der Waals surface area contributed by atoms with Gasteiger partial charge in [0.2, 0.25) is 0 Å². The summed E-state index contributed by atoms with van der Waals surface area (Å²) in [6.45, 7) is 0.850. The maximum Gasteiger partial charge on any atom is 0.264 e. The van der Waals surface area contributed by atoms with E-state index in [0.29, 0.717) is 11.5 Å². The number of aromatic nitrogens is 3. The van der Waals surface area contributed by atoms with Gasteiger partial charge in [0.15, 0.2) is 5.82 Å². The van der Waals surface area contributed by atoms with Crippen LogP contribution in [0.5, 0.6) is 0 Å². The third-order valence-electron chi connectivity index (χ3n) is 4.11. The van der Waals surface area contributed by atoms with E-state index in [-0.39, 0.29) is 4.90 Å². The van der Waals surface area contributed by atoms with Gasteiger partial charge in [0.05, 0.1) is 0 Å². The minimum atomic E-state index is -4.01. The fraction of sp³-hybridized carbons (Fsp3) is 0.176. The zero-order valence-electron chi connectivity index (χ0n) is 13.2. The van der Waals surface area contributed by atoms with Crippen molar-refractivity contribution in [3.63, 3.8) is 0 Å². The maximum absolute atomic E-state index is 13.8. The maximum atomic E-state index is 13.8. The Morgan fingerprint density at radius 1 is 1.08 bits per heavy atom. The summed E-state index contributed by atoms with van der Waals surface area (Å²) in [6.07, 6.45) is 1.92. The van der Waals surface area contributed by atoms with Crippen LogP contribution in [-0.4, -0.2) is 23.2 Å². The largest absolute Gasteiger partial charge is 0.311 e. The Labute approximate surface area is 144 Å². The van der Waals surface area contributed by atoms with Crippen LogP contribution in [0.15, 0.2) is 53.4 Å². The summed E-state index contributed by atoms with van der Waals surface area (Å²) in [5.41, 5.74) is 1.10. The summed E-state index contributed by atoms with van der Waals surface area (Å²) in [5.74, 6) is 0.855.